The molecule has 0 saturated carbocycles. The highest BCUT2D eigenvalue weighted by Gasteiger charge is 2.23. The van der Waals surface area contributed by atoms with Crippen molar-refractivity contribution in [3.05, 3.63) is 28.2 Å². The fourth-order valence-corrected chi connectivity index (χ4v) is 3.04. The highest BCUT2D eigenvalue weighted by molar-refractivity contribution is 6.34. The van der Waals surface area contributed by atoms with Gasteiger partial charge in [-0.25, -0.2) is 0 Å². The van der Waals surface area contributed by atoms with Crippen LogP contribution in [0.1, 0.15) is 12.8 Å². The molecule has 1 aliphatic rings. The number of halogens is 2. The average molecular weight is 374 g/mol. The van der Waals surface area contributed by atoms with Crippen LogP contribution in [0, 0.1) is 5.92 Å². The first-order chi connectivity index (χ1) is 11.5. The Labute approximate surface area is 151 Å². The molecule has 1 saturated heterocycles. The summed E-state index contributed by atoms with van der Waals surface area (Å²) >= 11 is 11.9. The van der Waals surface area contributed by atoms with Crippen molar-refractivity contribution in [2.45, 2.75) is 12.8 Å². The second-order valence-electron chi connectivity index (χ2n) is 5.72. The fourth-order valence-electron chi connectivity index (χ4n) is 2.53. The molecule has 1 heterocycles. The molecule has 0 aromatic heterocycles. The third-order valence-corrected chi connectivity index (χ3v) is 4.35. The highest BCUT2D eigenvalue weighted by atomic mass is 35.5. The van der Waals surface area contributed by atoms with Crippen LogP contribution in [0.15, 0.2) is 18.2 Å². The first-order valence-electron chi connectivity index (χ1n) is 7.81. The van der Waals surface area contributed by atoms with Gasteiger partial charge in [-0.1, -0.05) is 23.2 Å². The summed E-state index contributed by atoms with van der Waals surface area (Å²) in [5.41, 5.74) is 5.19. The largest absolute Gasteiger partial charge is 0.493 e. The molecule has 0 bridgehead atoms. The smallest absolute Gasteiger partial charge is 0.241 e. The number of rotatable bonds is 6. The molecule has 8 heteroatoms. The standard InChI is InChI=1S/C16H21Cl2N3O3/c17-12-5-13(18)7-14(6-12)24-10-11-1-3-21(4-2-11)16(23)9-20-15(22)8-19/h5-7,11H,1-4,8-10,19H2,(H,20,22). The van der Waals surface area contributed by atoms with Gasteiger partial charge in [0.25, 0.3) is 0 Å². The molecular weight excluding hydrogens is 353 g/mol. The van der Waals surface area contributed by atoms with E-state index in [-0.39, 0.29) is 24.9 Å². The topological polar surface area (TPSA) is 84.7 Å². The number of hydrogen-bond acceptors (Lipinski definition) is 4. The van der Waals surface area contributed by atoms with Gasteiger partial charge in [0.15, 0.2) is 0 Å². The van der Waals surface area contributed by atoms with Crippen molar-refractivity contribution in [2.75, 3.05) is 32.8 Å². The van der Waals surface area contributed by atoms with Crippen LogP contribution in [0.2, 0.25) is 10.0 Å². The van der Waals surface area contributed by atoms with E-state index in [2.05, 4.69) is 5.32 Å². The lowest BCUT2D eigenvalue weighted by Crippen LogP contribution is -2.45. The molecule has 24 heavy (non-hydrogen) atoms. The van der Waals surface area contributed by atoms with Gasteiger partial charge < -0.3 is 20.7 Å². The summed E-state index contributed by atoms with van der Waals surface area (Å²) < 4.78 is 5.75. The van der Waals surface area contributed by atoms with Crippen LogP contribution in [-0.2, 0) is 9.59 Å². The Bertz CT molecular complexity index is 570. The number of piperidine rings is 1. The number of benzene rings is 1. The molecule has 1 aromatic carbocycles. The lowest BCUT2D eigenvalue weighted by Gasteiger charge is -2.32. The molecule has 0 atom stereocenters. The third kappa shape index (κ3) is 5.85. The molecule has 6 nitrogen and oxygen atoms in total. The fraction of sp³-hybridized carbons (Fsp3) is 0.500. The lowest BCUT2D eigenvalue weighted by molar-refractivity contribution is -0.133. The van der Waals surface area contributed by atoms with Gasteiger partial charge in [-0.05, 0) is 37.0 Å². The average Bonchev–Trinajstić information content (AvgIpc) is 2.57. The molecule has 3 N–H and O–H groups in total. The Hall–Kier alpha value is -1.50. The quantitative estimate of drug-likeness (QED) is 0.794. The molecule has 2 amide bonds. The van der Waals surface area contributed by atoms with Crippen molar-refractivity contribution in [3.8, 4) is 5.75 Å². The number of ether oxygens (including phenoxy) is 1. The molecule has 1 aromatic rings. The molecule has 2 rings (SSSR count). The minimum Gasteiger partial charge on any atom is -0.493 e. The monoisotopic (exact) mass is 373 g/mol. The number of nitrogens with two attached hydrogens (primary N) is 1. The van der Waals surface area contributed by atoms with Gasteiger partial charge in [-0.3, -0.25) is 9.59 Å². The lowest BCUT2D eigenvalue weighted by atomic mass is 9.98. The zero-order valence-electron chi connectivity index (χ0n) is 13.3. The second-order valence-corrected chi connectivity index (χ2v) is 6.59. The summed E-state index contributed by atoms with van der Waals surface area (Å²) in [5.74, 6) is 0.602. The second kappa shape index (κ2) is 9.11. The van der Waals surface area contributed by atoms with Crippen molar-refractivity contribution in [2.24, 2.45) is 11.7 Å². The maximum Gasteiger partial charge on any atom is 0.241 e. The summed E-state index contributed by atoms with van der Waals surface area (Å²) in [6, 6.07) is 5.11. The van der Waals surface area contributed by atoms with Crippen LogP contribution in [0.3, 0.4) is 0 Å². The summed E-state index contributed by atoms with van der Waals surface area (Å²) in [4.78, 5) is 24.8. The first kappa shape index (κ1) is 18.8. The first-order valence-corrected chi connectivity index (χ1v) is 8.57. The number of amides is 2. The Balaban J connectivity index is 1.72. The van der Waals surface area contributed by atoms with Gasteiger partial charge in [0.2, 0.25) is 11.8 Å². The maximum atomic E-state index is 12.0. The number of nitrogens with one attached hydrogen (secondary N) is 1. The van der Waals surface area contributed by atoms with Gasteiger partial charge in [-0.2, -0.15) is 0 Å². The van der Waals surface area contributed by atoms with E-state index in [0.29, 0.717) is 41.4 Å². The minimum absolute atomic E-state index is 0.00177. The predicted octanol–water partition coefficient (Wildman–Crippen LogP) is 1.69. The van der Waals surface area contributed by atoms with Gasteiger partial charge in [0, 0.05) is 23.1 Å². The van der Waals surface area contributed by atoms with Crippen molar-refractivity contribution < 1.29 is 14.3 Å². The highest BCUT2D eigenvalue weighted by Crippen LogP contribution is 2.25. The normalized spacial score (nSPS) is 15.2. The number of likely N-dealkylation sites (tertiary alicyclic amines) is 1. The zero-order chi connectivity index (χ0) is 17.5. The molecular formula is C16H21Cl2N3O3. The Morgan fingerprint density at radius 3 is 2.42 bits per heavy atom. The van der Waals surface area contributed by atoms with E-state index in [1.165, 1.54) is 0 Å². The van der Waals surface area contributed by atoms with Crippen molar-refractivity contribution in [3.63, 3.8) is 0 Å². The van der Waals surface area contributed by atoms with E-state index in [4.69, 9.17) is 33.7 Å². The number of hydrogen-bond donors (Lipinski definition) is 2. The number of carbonyl (C=O) groups excluding carboxylic acids is 2. The van der Waals surface area contributed by atoms with E-state index < -0.39 is 0 Å². The summed E-state index contributed by atoms with van der Waals surface area (Å²) in [6.07, 6.45) is 1.70. The molecule has 132 valence electrons. The van der Waals surface area contributed by atoms with Crippen LogP contribution in [-0.4, -0.2) is 49.5 Å². The Morgan fingerprint density at radius 2 is 1.83 bits per heavy atom. The molecule has 0 spiro atoms. The maximum absolute atomic E-state index is 12.0. The summed E-state index contributed by atoms with van der Waals surface area (Å²) in [7, 11) is 0. The van der Waals surface area contributed by atoms with Crippen molar-refractivity contribution in [1.29, 1.82) is 0 Å². The molecule has 0 radical (unpaired) electrons. The van der Waals surface area contributed by atoms with E-state index in [1.54, 1.807) is 23.1 Å². The van der Waals surface area contributed by atoms with Crippen LogP contribution >= 0.6 is 23.2 Å². The summed E-state index contributed by atoms with van der Waals surface area (Å²) in [6.45, 7) is 1.75. The Kier molecular flexibility index (Phi) is 7.15. The van der Waals surface area contributed by atoms with Crippen LogP contribution in [0.25, 0.3) is 0 Å². The number of carbonyl (C=O) groups is 2. The van der Waals surface area contributed by atoms with Gasteiger partial charge >= 0.3 is 0 Å². The van der Waals surface area contributed by atoms with Gasteiger partial charge in [0.05, 0.1) is 19.7 Å². The van der Waals surface area contributed by atoms with E-state index in [0.717, 1.165) is 12.8 Å². The zero-order valence-corrected chi connectivity index (χ0v) is 14.8. The van der Waals surface area contributed by atoms with Crippen LogP contribution in [0.4, 0.5) is 0 Å². The molecule has 0 aliphatic carbocycles. The molecule has 1 aliphatic heterocycles. The van der Waals surface area contributed by atoms with Gasteiger partial charge in [0.1, 0.15) is 5.75 Å². The van der Waals surface area contributed by atoms with Gasteiger partial charge in [-0.15, -0.1) is 0 Å². The van der Waals surface area contributed by atoms with E-state index >= 15 is 0 Å². The van der Waals surface area contributed by atoms with Crippen LogP contribution in [0.5, 0.6) is 5.75 Å². The summed E-state index contributed by atoms with van der Waals surface area (Å²) in [5, 5.41) is 3.57. The van der Waals surface area contributed by atoms with E-state index in [9.17, 15) is 9.59 Å². The molecule has 1 fully saturated rings. The van der Waals surface area contributed by atoms with Crippen LogP contribution < -0.4 is 15.8 Å². The third-order valence-electron chi connectivity index (χ3n) is 3.91. The van der Waals surface area contributed by atoms with Crippen molar-refractivity contribution >= 4 is 35.0 Å². The van der Waals surface area contributed by atoms with Crippen molar-refractivity contribution in [1.82, 2.24) is 10.2 Å². The number of nitrogens with zero attached hydrogens (tertiary/aromatic N) is 1. The Morgan fingerprint density at radius 1 is 1.21 bits per heavy atom. The molecule has 0 unspecified atom stereocenters. The minimum atomic E-state index is -0.327. The van der Waals surface area contributed by atoms with E-state index in [1.807, 2.05) is 0 Å². The SMILES string of the molecule is NCC(=O)NCC(=O)N1CCC(COc2cc(Cl)cc(Cl)c2)CC1. The predicted molar refractivity (Wildman–Crippen MR) is 93.3 cm³/mol.